The molecular formula is C14H18BClO5. The Bertz CT molecular complexity index is 569. The third kappa shape index (κ3) is 2.75. The summed E-state index contributed by atoms with van der Waals surface area (Å²) in [6, 6.07) is 3.07. The summed E-state index contributed by atoms with van der Waals surface area (Å²) in [6.07, 6.45) is 0. The maximum Gasteiger partial charge on any atom is 0.494 e. The van der Waals surface area contributed by atoms with Crippen molar-refractivity contribution in [2.24, 2.45) is 0 Å². The molecule has 21 heavy (non-hydrogen) atoms. The normalized spacial score (nSPS) is 19.6. The summed E-state index contributed by atoms with van der Waals surface area (Å²) < 4.78 is 16.8. The molecule has 0 amide bonds. The van der Waals surface area contributed by atoms with Gasteiger partial charge in [-0.2, -0.15) is 0 Å². The van der Waals surface area contributed by atoms with Gasteiger partial charge < -0.3 is 19.2 Å². The fraction of sp³-hybridized carbons (Fsp3) is 0.500. The number of carboxylic acids is 1. The van der Waals surface area contributed by atoms with E-state index in [4.69, 9.17) is 25.6 Å². The quantitative estimate of drug-likeness (QED) is 0.868. The van der Waals surface area contributed by atoms with E-state index < -0.39 is 24.3 Å². The molecule has 0 radical (unpaired) electrons. The standard InChI is InChI=1S/C14H18BClO5/c1-13(2)14(3,4)21-15(20-13)8-6-9(12(17)18)11(19-5)10(16)7-8/h6-7H,1-5H3,(H,17,18). The second-order valence-electron chi connectivity index (χ2n) is 5.98. The molecule has 7 heteroatoms. The number of rotatable bonds is 3. The van der Waals surface area contributed by atoms with Crippen LogP contribution in [0.4, 0.5) is 0 Å². The molecule has 1 aliphatic heterocycles. The molecule has 1 fully saturated rings. The van der Waals surface area contributed by atoms with Crippen molar-refractivity contribution in [1.82, 2.24) is 0 Å². The molecule has 114 valence electrons. The fourth-order valence-corrected chi connectivity index (χ4v) is 2.40. The number of carboxylic acid groups (broad SMARTS) is 1. The van der Waals surface area contributed by atoms with E-state index in [-0.39, 0.29) is 16.3 Å². The number of hydrogen-bond acceptors (Lipinski definition) is 4. The molecule has 1 saturated heterocycles. The van der Waals surface area contributed by atoms with Gasteiger partial charge in [-0.25, -0.2) is 4.79 Å². The largest absolute Gasteiger partial charge is 0.494 e. The smallest absolute Gasteiger partial charge is 0.494 e. The van der Waals surface area contributed by atoms with Crippen LogP contribution in [0, 0.1) is 0 Å². The zero-order valence-electron chi connectivity index (χ0n) is 12.7. The molecule has 1 aliphatic rings. The Kier molecular flexibility index (Phi) is 3.99. The number of benzene rings is 1. The van der Waals surface area contributed by atoms with Gasteiger partial charge in [0.05, 0.1) is 23.3 Å². The van der Waals surface area contributed by atoms with Gasteiger partial charge in [-0.3, -0.25) is 0 Å². The van der Waals surface area contributed by atoms with Gasteiger partial charge in [-0.1, -0.05) is 11.6 Å². The van der Waals surface area contributed by atoms with Crippen LogP contribution in [0.5, 0.6) is 5.75 Å². The van der Waals surface area contributed by atoms with E-state index in [1.165, 1.54) is 13.2 Å². The van der Waals surface area contributed by atoms with Gasteiger partial charge in [-0.15, -0.1) is 0 Å². The molecule has 1 heterocycles. The van der Waals surface area contributed by atoms with Crippen LogP contribution in [0.1, 0.15) is 38.1 Å². The molecule has 0 bridgehead atoms. The molecule has 0 atom stereocenters. The maximum absolute atomic E-state index is 11.3. The SMILES string of the molecule is COc1c(Cl)cc(B2OC(C)(C)C(C)(C)O2)cc1C(=O)O. The van der Waals surface area contributed by atoms with Crippen LogP contribution in [0.25, 0.3) is 0 Å². The number of ether oxygens (including phenoxy) is 1. The molecule has 0 aromatic heterocycles. The second kappa shape index (κ2) is 5.19. The van der Waals surface area contributed by atoms with Gasteiger partial charge >= 0.3 is 13.1 Å². The van der Waals surface area contributed by atoms with Crippen molar-refractivity contribution in [3.8, 4) is 5.75 Å². The van der Waals surface area contributed by atoms with Crippen molar-refractivity contribution in [3.05, 3.63) is 22.7 Å². The monoisotopic (exact) mass is 312 g/mol. The average Bonchev–Trinajstić information content (AvgIpc) is 2.57. The number of carbonyl (C=O) groups is 1. The lowest BCUT2D eigenvalue weighted by molar-refractivity contribution is 0.00578. The van der Waals surface area contributed by atoms with E-state index in [0.717, 1.165) is 0 Å². The first kappa shape index (κ1) is 16.1. The minimum Gasteiger partial charge on any atom is -0.494 e. The summed E-state index contributed by atoms with van der Waals surface area (Å²) in [4.78, 5) is 11.3. The molecule has 0 unspecified atom stereocenters. The Morgan fingerprint density at radius 2 is 1.76 bits per heavy atom. The lowest BCUT2D eigenvalue weighted by atomic mass is 9.78. The molecular weight excluding hydrogens is 294 g/mol. The third-order valence-electron chi connectivity index (χ3n) is 4.03. The van der Waals surface area contributed by atoms with E-state index in [9.17, 15) is 9.90 Å². The van der Waals surface area contributed by atoms with Gasteiger partial charge in [0.1, 0.15) is 5.56 Å². The van der Waals surface area contributed by atoms with Gasteiger partial charge in [-0.05, 0) is 45.3 Å². The Hall–Kier alpha value is -1.24. The zero-order valence-corrected chi connectivity index (χ0v) is 13.4. The summed E-state index contributed by atoms with van der Waals surface area (Å²) >= 11 is 6.10. The van der Waals surface area contributed by atoms with E-state index in [0.29, 0.717) is 5.46 Å². The predicted molar refractivity (Wildman–Crippen MR) is 80.7 cm³/mol. The topological polar surface area (TPSA) is 65.0 Å². The molecule has 1 N–H and O–H groups in total. The summed E-state index contributed by atoms with van der Waals surface area (Å²) in [7, 11) is 0.707. The molecule has 1 aromatic rings. The van der Waals surface area contributed by atoms with Crippen LogP contribution in [0.3, 0.4) is 0 Å². The Labute approximate surface area is 129 Å². The van der Waals surface area contributed by atoms with Crippen molar-refractivity contribution >= 4 is 30.2 Å². The van der Waals surface area contributed by atoms with Crippen LogP contribution in [-0.4, -0.2) is 36.5 Å². The number of aromatic carboxylic acids is 1. The highest BCUT2D eigenvalue weighted by atomic mass is 35.5. The first-order valence-corrected chi connectivity index (χ1v) is 6.93. The van der Waals surface area contributed by atoms with Crippen molar-refractivity contribution < 1.29 is 23.9 Å². The van der Waals surface area contributed by atoms with Crippen molar-refractivity contribution in [3.63, 3.8) is 0 Å². The molecule has 0 spiro atoms. The highest BCUT2D eigenvalue weighted by molar-refractivity contribution is 6.62. The van der Waals surface area contributed by atoms with Crippen LogP contribution >= 0.6 is 11.6 Å². The van der Waals surface area contributed by atoms with Gasteiger partial charge in [0.15, 0.2) is 5.75 Å². The third-order valence-corrected chi connectivity index (χ3v) is 4.31. The van der Waals surface area contributed by atoms with Crippen LogP contribution in [0.15, 0.2) is 12.1 Å². The van der Waals surface area contributed by atoms with E-state index in [1.54, 1.807) is 6.07 Å². The Balaban J connectivity index is 2.45. The highest BCUT2D eigenvalue weighted by Crippen LogP contribution is 2.37. The number of methoxy groups -OCH3 is 1. The van der Waals surface area contributed by atoms with Crippen molar-refractivity contribution in [1.29, 1.82) is 0 Å². The molecule has 0 aliphatic carbocycles. The second-order valence-corrected chi connectivity index (χ2v) is 6.38. The average molecular weight is 313 g/mol. The first-order valence-electron chi connectivity index (χ1n) is 6.55. The summed E-state index contributed by atoms with van der Waals surface area (Å²) in [5.41, 5.74) is -0.479. The highest BCUT2D eigenvalue weighted by Gasteiger charge is 2.52. The van der Waals surface area contributed by atoms with E-state index in [2.05, 4.69) is 0 Å². The van der Waals surface area contributed by atoms with E-state index in [1.807, 2.05) is 27.7 Å². The number of hydrogen-bond donors (Lipinski definition) is 1. The summed E-state index contributed by atoms with van der Waals surface area (Å²) in [5, 5.41) is 9.48. The van der Waals surface area contributed by atoms with Gasteiger partial charge in [0.25, 0.3) is 0 Å². The minimum absolute atomic E-state index is 0.0188. The first-order chi connectivity index (χ1) is 9.59. The molecule has 0 saturated carbocycles. The molecule has 5 nitrogen and oxygen atoms in total. The molecule has 2 rings (SSSR count). The Morgan fingerprint density at radius 3 is 2.19 bits per heavy atom. The lowest BCUT2D eigenvalue weighted by Gasteiger charge is -2.32. The van der Waals surface area contributed by atoms with Gasteiger partial charge in [0, 0.05) is 0 Å². The zero-order chi connectivity index (χ0) is 16.0. The maximum atomic E-state index is 11.3. The summed E-state index contributed by atoms with van der Waals surface area (Å²) in [5.74, 6) is -0.989. The lowest BCUT2D eigenvalue weighted by Crippen LogP contribution is -2.41. The van der Waals surface area contributed by atoms with Crippen molar-refractivity contribution in [2.45, 2.75) is 38.9 Å². The van der Waals surface area contributed by atoms with Crippen molar-refractivity contribution in [2.75, 3.05) is 7.11 Å². The van der Waals surface area contributed by atoms with E-state index >= 15 is 0 Å². The summed E-state index contributed by atoms with van der Waals surface area (Å²) in [6.45, 7) is 7.71. The fourth-order valence-electron chi connectivity index (χ4n) is 2.10. The minimum atomic E-state index is -1.12. The number of halogens is 1. The van der Waals surface area contributed by atoms with Gasteiger partial charge in [0.2, 0.25) is 0 Å². The van der Waals surface area contributed by atoms with Crippen LogP contribution in [0.2, 0.25) is 5.02 Å². The molecule has 1 aromatic carbocycles. The predicted octanol–water partition coefficient (Wildman–Crippen LogP) is 2.35. The Morgan fingerprint density at radius 1 is 1.24 bits per heavy atom. The van der Waals surface area contributed by atoms with Crippen LogP contribution < -0.4 is 10.2 Å². The van der Waals surface area contributed by atoms with Crippen LogP contribution in [-0.2, 0) is 9.31 Å².